The molecular weight excluding hydrogens is 234 g/mol. The molecule has 0 unspecified atom stereocenters. The molecule has 0 radical (unpaired) electrons. The molecule has 0 amide bonds. The molecule has 1 saturated carbocycles. The van der Waals surface area contributed by atoms with Crippen LogP contribution in [-0.2, 0) is 0 Å². The maximum Gasteiger partial charge on any atom is 0.345 e. The van der Waals surface area contributed by atoms with Crippen LogP contribution >= 0.6 is 23.1 Å². The fraction of sp³-hybridized carbons (Fsp3) is 0.625. The Morgan fingerprint density at radius 1 is 1.80 bits per heavy atom. The average Bonchev–Trinajstić information content (AvgIpc) is 2.85. The van der Waals surface area contributed by atoms with Gasteiger partial charge in [0, 0.05) is 11.3 Å². The topological polar surface area (TPSA) is 68.1 Å². The number of nitro groups is 1. The Hall–Kier alpha value is -0.820. The van der Waals surface area contributed by atoms with Gasteiger partial charge in [0.05, 0.1) is 4.92 Å². The van der Waals surface area contributed by atoms with Gasteiger partial charge in [-0.3, -0.25) is 10.1 Å². The highest BCUT2D eigenvalue weighted by molar-refractivity contribution is 8.00. The standard InChI is InChI=1S/C8H11N3O2S2/c1-14-8(2-3-8)5-10-7-9-4-6(15-7)11(12)13/h4H,2-3,5H2,1H3,(H,9,10). The van der Waals surface area contributed by atoms with E-state index in [0.717, 1.165) is 17.9 Å². The van der Waals surface area contributed by atoms with E-state index < -0.39 is 4.92 Å². The van der Waals surface area contributed by atoms with E-state index in [4.69, 9.17) is 0 Å². The summed E-state index contributed by atoms with van der Waals surface area (Å²) in [4.78, 5) is 14.0. The van der Waals surface area contributed by atoms with Crippen molar-refractivity contribution in [2.45, 2.75) is 17.6 Å². The molecule has 0 bridgehead atoms. The fourth-order valence-electron chi connectivity index (χ4n) is 1.26. The van der Waals surface area contributed by atoms with Crippen LogP contribution in [0, 0.1) is 10.1 Å². The van der Waals surface area contributed by atoms with E-state index in [2.05, 4.69) is 16.6 Å². The van der Waals surface area contributed by atoms with Crippen molar-refractivity contribution in [3.8, 4) is 0 Å². The molecule has 0 spiro atoms. The van der Waals surface area contributed by atoms with E-state index in [0.29, 0.717) is 9.88 Å². The molecule has 7 heteroatoms. The van der Waals surface area contributed by atoms with E-state index >= 15 is 0 Å². The summed E-state index contributed by atoms with van der Waals surface area (Å²) in [5.74, 6) is 0. The second-order valence-electron chi connectivity index (χ2n) is 3.50. The van der Waals surface area contributed by atoms with E-state index in [-0.39, 0.29) is 5.00 Å². The number of thioether (sulfide) groups is 1. The molecular formula is C8H11N3O2S2. The predicted molar refractivity (Wildman–Crippen MR) is 62.7 cm³/mol. The summed E-state index contributed by atoms with van der Waals surface area (Å²) in [6.07, 6.45) is 5.83. The van der Waals surface area contributed by atoms with Crippen LogP contribution < -0.4 is 5.32 Å². The van der Waals surface area contributed by atoms with Crippen molar-refractivity contribution >= 4 is 33.2 Å². The molecule has 0 saturated heterocycles. The van der Waals surface area contributed by atoms with Gasteiger partial charge in [0.2, 0.25) is 0 Å². The summed E-state index contributed by atoms with van der Waals surface area (Å²) in [6, 6.07) is 0. The molecule has 82 valence electrons. The Morgan fingerprint density at radius 3 is 3.00 bits per heavy atom. The minimum absolute atomic E-state index is 0.0894. The summed E-state index contributed by atoms with van der Waals surface area (Å²) in [5.41, 5.74) is 0. The van der Waals surface area contributed by atoms with Gasteiger partial charge in [-0.1, -0.05) is 0 Å². The van der Waals surface area contributed by atoms with Gasteiger partial charge >= 0.3 is 5.00 Å². The third kappa shape index (κ3) is 2.40. The Labute approximate surface area is 95.4 Å². The maximum atomic E-state index is 10.4. The number of hydrogen-bond acceptors (Lipinski definition) is 6. The minimum atomic E-state index is -0.412. The molecule has 1 aliphatic rings. The lowest BCUT2D eigenvalue weighted by atomic mass is 10.4. The van der Waals surface area contributed by atoms with E-state index in [9.17, 15) is 10.1 Å². The van der Waals surface area contributed by atoms with Gasteiger partial charge in [-0.25, -0.2) is 4.98 Å². The van der Waals surface area contributed by atoms with Crippen LogP contribution in [0.2, 0.25) is 0 Å². The molecule has 2 rings (SSSR count). The molecule has 15 heavy (non-hydrogen) atoms. The smallest absolute Gasteiger partial charge is 0.345 e. The Kier molecular flexibility index (Phi) is 2.83. The summed E-state index contributed by atoms with van der Waals surface area (Å²) in [6.45, 7) is 0.846. The summed E-state index contributed by atoms with van der Waals surface area (Å²) in [7, 11) is 0. The van der Waals surface area contributed by atoms with E-state index in [1.165, 1.54) is 19.0 Å². The molecule has 0 atom stereocenters. The lowest BCUT2D eigenvalue weighted by Gasteiger charge is -2.11. The Morgan fingerprint density at radius 2 is 2.53 bits per heavy atom. The molecule has 1 aromatic rings. The second-order valence-corrected chi connectivity index (χ2v) is 5.78. The van der Waals surface area contributed by atoms with Gasteiger partial charge in [0.15, 0.2) is 5.13 Å². The lowest BCUT2D eigenvalue weighted by molar-refractivity contribution is -0.380. The minimum Gasteiger partial charge on any atom is -0.360 e. The first kappa shape index (κ1) is 10.7. The Balaban J connectivity index is 1.91. The molecule has 1 fully saturated rings. The van der Waals surface area contributed by atoms with E-state index in [1.54, 1.807) is 0 Å². The zero-order chi connectivity index (χ0) is 10.9. The summed E-state index contributed by atoms with van der Waals surface area (Å²) < 4.78 is 0.348. The van der Waals surface area contributed by atoms with Crippen LogP contribution in [0.1, 0.15) is 12.8 Å². The third-order valence-electron chi connectivity index (χ3n) is 2.48. The summed E-state index contributed by atoms with van der Waals surface area (Å²) in [5, 5.41) is 14.3. The fourth-order valence-corrected chi connectivity index (χ4v) is 2.62. The Bertz CT molecular complexity index is 376. The second kappa shape index (κ2) is 3.97. The monoisotopic (exact) mass is 245 g/mol. The van der Waals surface area contributed by atoms with Crippen LogP contribution in [0.25, 0.3) is 0 Å². The quantitative estimate of drug-likeness (QED) is 0.637. The SMILES string of the molecule is CSC1(CNc2ncc([N+](=O)[O-])s2)CC1. The van der Waals surface area contributed by atoms with Gasteiger partial charge in [-0.05, 0) is 30.4 Å². The molecule has 1 N–H and O–H groups in total. The van der Waals surface area contributed by atoms with Gasteiger partial charge in [-0.15, -0.1) is 0 Å². The van der Waals surface area contributed by atoms with Crippen molar-refractivity contribution < 1.29 is 4.92 Å². The van der Waals surface area contributed by atoms with Crippen molar-refractivity contribution in [3.05, 3.63) is 16.3 Å². The highest BCUT2D eigenvalue weighted by atomic mass is 32.2. The first-order valence-electron chi connectivity index (χ1n) is 4.54. The predicted octanol–water partition coefficient (Wildman–Crippen LogP) is 2.36. The van der Waals surface area contributed by atoms with Gasteiger partial charge in [0.1, 0.15) is 6.20 Å². The van der Waals surface area contributed by atoms with E-state index in [1.807, 2.05) is 11.8 Å². The van der Waals surface area contributed by atoms with Crippen molar-refractivity contribution in [2.75, 3.05) is 18.1 Å². The molecule has 5 nitrogen and oxygen atoms in total. The van der Waals surface area contributed by atoms with Crippen LogP contribution in [-0.4, -0.2) is 27.5 Å². The molecule has 1 aliphatic carbocycles. The number of hydrogen-bond donors (Lipinski definition) is 1. The normalized spacial score (nSPS) is 17.4. The third-order valence-corrected chi connectivity index (χ3v) is 4.80. The number of rotatable bonds is 5. The highest BCUT2D eigenvalue weighted by Crippen LogP contribution is 2.47. The average molecular weight is 245 g/mol. The van der Waals surface area contributed by atoms with Gasteiger partial charge < -0.3 is 5.32 Å². The van der Waals surface area contributed by atoms with Gasteiger partial charge in [-0.2, -0.15) is 11.8 Å². The molecule has 1 aromatic heterocycles. The van der Waals surface area contributed by atoms with Crippen LogP contribution in [0.5, 0.6) is 0 Å². The molecule has 0 aromatic carbocycles. The van der Waals surface area contributed by atoms with Gasteiger partial charge in [0.25, 0.3) is 0 Å². The largest absolute Gasteiger partial charge is 0.360 e. The maximum absolute atomic E-state index is 10.4. The number of nitrogens with zero attached hydrogens (tertiary/aromatic N) is 2. The first-order chi connectivity index (χ1) is 7.15. The molecule has 1 heterocycles. The number of nitrogens with one attached hydrogen (secondary N) is 1. The van der Waals surface area contributed by atoms with Crippen LogP contribution in [0.4, 0.5) is 10.1 Å². The van der Waals surface area contributed by atoms with Crippen molar-refractivity contribution in [1.29, 1.82) is 0 Å². The first-order valence-corrected chi connectivity index (χ1v) is 6.59. The summed E-state index contributed by atoms with van der Waals surface area (Å²) >= 11 is 2.94. The van der Waals surface area contributed by atoms with Crippen LogP contribution in [0.3, 0.4) is 0 Å². The highest BCUT2D eigenvalue weighted by Gasteiger charge is 2.41. The van der Waals surface area contributed by atoms with Crippen molar-refractivity contribution in [1.82, 2.24) is 4.98 Å². The number of aromatic nitrogens is 1. The molecule has 0 aliphatic heterocycles. The number of thiazole rings is 1. The zero-order valence-corrected chi connectivity index (χ0v) is 9.86. The zero-order valence-electron chi connectivity index (χ0n) is 8.23. The lowest BCUT2D eigenvalue weighted by Crippen LogP contribution is -2.17. The van der Waals surface area contributed by atoms with Crippen molar-refractivity contribution in [3.63, 3.8) is 0 Å². The van der Waals surface area contributed by atoms with Crippen molar-refractivity contribution in [2.24, 2.45) is 0 Å². The van der Waals surface area contributed by atoms with Crippen LogP contribution in [0.15, 0.2) is 6.20 Å². The number of anilines is 1.